The molecule has 4 rings (SSSR count). The first-order valence-corrected chi connectivity index (χ1v) is 11.7. The summed E-state index contributed by atoms with van der Waals surface area (Å²) in [5, 5.41) is 15.5. The van der Waals surface area contributed by atoms with Crippen molar-refractivity contribution in [2.24, 2.45) is 0 Å². The summed E-state index contributed by atoms with van der Waals surface area (Å²) in [5.74, 6) is 1.61. The Labute approximate surface area is 188 Å². The summed E-state index contributed by atoms with van der Waals surface area (Å²) in [5.41, 5.74) is 3.36. The molecule has 0 fully saturated rings. The van der Waals surface area contributed by atoms with Gasteiger partial charge in [0.15, 0.2) is 4.34 Å². The van der Waals surface area contributed by atoms with Crippen LogP contribution in [0.4, 0.5) is 5.13 Å². The number of benzene rings is 2. The number of carbonyl (C=O) groups is 1. The molecule has 0 saturated carbocycles. The van der Waals surface area contributed by atoms with Crippen LogP contribution in [-0.4, -0.2) is 26.2 Å². The van der Waals surface area contributed by atoms with E-state index in [0.29, 0.717) is 23.3 Å². The molecule has 2 heterocycles. The normalized spacial score (nSPS) is 10.9. The van der Waals surface area contributed by atoms with E-state index in [0.717, 1.165) is 22.1 Å². The van der Waals surface area contributed by atoms with Gasteiger partial charge in [-0.2, -0.15) is 4.98 Å². The van der Waals surface area contributed by atoms with E-state index in [4.69, 9.17) is 4.52 Å². The monoisotopic (exact) mass is 451 g/mol. The molecule has 31 heavy (non-hydrogen) atoms. The first kappa shape index (κ1) is 21.2. The average molecular weight is 452 g/mol. The second-order valence-corrected chi connectivity index (χ2v) is 8.96. The molecular weight excluding hydrogens is 430 g/mol. The summed E-state index contributed by atoms with van der Waals surface area (Å²) >= 11 is 2.96. The molecule has 0 aliphatic carbocycles. The van der Waals surface area contributed by atoms with Crippen molar-refractivity contribution >= 4 is 34.1 Å². The fourth-order valence-electron chi connectivity index (χ4n) is 2.80. The second-order valence-electron chi connectivity index (χ2n) is 6.76. The quantitative estimate of drug-likeness (QED) is 0.282. The van der Waals surface area contributed by atoms with Gasteiger partial charge in [-0.15, -0.1) is 10.2 Å². The van der Waals surface area contributed by atoms with Crippen LogP contribution in [0.5, 0.6) is 0 Å². The van der Waals surface area contributed by atoms with Gasteiger partial charge in [0.2, 0.25) is 22.8 Å². The summed E-state index contributed by atoms with van der Waals surface area (Å²) in [4.78, 5) is 16.6. The van der Waals surface area contributed by atoms with Gasteiger partial charge < -0.3 is 9.84 Å². The van der Waals surface area contributed by atoms with Gasteiger partial charge in [-0.3, -0.25) is 4.79 Å². The Kier molecular flexibility index (Phi) is 7.06. The van der Waals surface area contributed by atoms with Gasteiger partial charge in [0.25, 0.3) is 0 Å². The van der Waals surface area contributed by atoms with Crippen LogP contribution in [0.25, 0.3) is 11.4 Å². The lowest BCUT2D eigenvalue weighted by molar-refractivity contribution is -0.116. The van der Waals surface area contributed by atoms with Crippen molar-refractivity contribution in [2.75, 3.05) is 5.32 Å². The van der Waals surface area contributed by atoms with E-state index in [1.807, 2.05) is 42.5 Å². The van der Waals surface area contributed by atoms with Gasteiger partial charge in [0, 0.05) is 24.2 Å². The maximum absolute atomic E-state index is 12.3. The Morgan fingerprint density at radius 3 is 2.65 bits per heavy atom. The molecule has 0 aliphatic rings. The minimum atomic E-state index is -0.164. The van der Waals surface area contributed by atoms with E-state index >= 15 is 0 Å². The van der Waals surface area contributed by atoms with E-state index in [1.165, 1.54) is 22.5 Å². The molecule has 9 heteroatoms. The van der Waals surface area contributed by atoms with Crippen LogP contribution in [0.15, 0.2) is 63.5 Å². The Balaban J connectivity index is 1.25. The average Bonchev–Trinajstić information content (AvgIpc) is 3.47. The fraction of sp³-hybridized carbons (Fsp3) is 0.227. The minimum Gasteiger partial charge on any atom is -0.339 e. The molecule has 2 aromatic heterocycles. The highest BCUT2D eigenvalue weighted by Gasteiger charge is 2.13. The fourth-order valence-corrected chi connectivity index (χ4v) is 4.53. The summed E-state index contributed by atoms with van der Waals surface area (Å²) in [6.45, 7) is 2.11. The Morgan fingerprint density at radius 1 is 1.06 bits per heavy atom. The highest BCUT2D eigenvalue weighted by atomic mass is 32.2. The third kappa shape index (κ3) is 5.99. The van der Waals surface area contributed by atoms with Gasteiger partial charge in [0.1, 0.15) is 0 Å². The Bertz CT molecular complexity index is 1130. The Morgan fingerprint density at radius 2 is 1.87 bits per heavy atom. The SMILES string of the molecule is CCc1ccc(-c2noc(CCC(=O)Nc3nnc(SCc4ccccc4)s3)n2)cc1. The molecule has 0 aliphatic heterocycles. The molecule has 1 N–H and O–H groups in total. The van der Waals surface area contributed by atoms with E-state index in [-0.39, 0.29) is 12.3 Å². The van der Waals surface area contributed by atoms with Crippen molar-refractivity contribution in [3.63, 3.8) is 0 Å². The number of aryl methyl sites for hydroxylation is 2. The molecule has 0 spiro atoms. The van der Waals surface area contributed by atoms with E-state index in [1.54, 1.807) is 11.8 Å². The van der Waals surface area contributed by atoms with Crippen LogP contribution in [0, 0.1) is 0 Å². The summed E-state index contributed by atoms with van der Waals surface area (Å²) < 4.78 is 6.10. The lowest BCUT2D eigenvalue weighted by atomic mass is 10.1. The lowest BCUT2D eigenvalue weighted by Crippen LogP contribution is -2.12. The zero-order valence-corrected chi connectivity index (χ0v) is 18.6. The molecule has 0 atom stereocenters. The molecule has 0 bridgehead atoms. The van der Waals surface area contributed by atoms with Gasteiger partial charge in [0.05, 0.1) is 0 Å². The second kappa shape index (κ2) is 10.3. The van der Waals surface area contributed by atoms with Crippen LogP contribution < -0.4 is 5.32 Å². The van der Waals surface area contributed by atoms with Crippen molar-refractivity contribution in [3.05, 3.63) is 71.6 Å². The molecule has 4 aromatic rings. The number of hydrogen-bond acceptors (Lipinski definition) is 8. The molecule has 158 valence electrons. The highest BCUT2D eigenvalue weighted by Crippen LogP contribution is 2.28. The van der Waals surface area contributed by atoms with E-state index in [2.05, 4.69) is 44.7 Å². The number of anilines is 1. The smallest absolute Gasteiger partial charge is 0.227 e. The van der Waals surface area contributed by atoms with Crippen LogP contribution in [-0.2, 0) is 23.4 Å². The number of nitrogens with one attached hydrogen (secondary N) is 1. The summed E-state index contributed by atoms with van der Waals surface area (Å²) in [6, 6.07) is 18.2. The molecular formula is C22H21N5O2S2. The third-order valence-electron chi connectivity index (χ3n) is 4.51. The Hall–Kier alpha value is -3.04. The van der Waals surface area contributed by atoms with Crippen molar-refractivity contribution in [1.82, 2.24) is 20.3 Å². The lowest BCUT2D eigenvalue weighted by Gasteiger charge is -1.99. The number of hydrogen-bond donors (Lipinski definition) is 1. The number of aromatic nitrogens is 4. The van der Waals surface area contributed by atoms with E-state index < -0.39 is 0 Å². The molecule has 2 aromatic carbocycles. The van der Waals surface area contributed by atoms with Crippen LogP contribution in [0.1, 0.15) is 30.4 Å². The van der Waals surface area contributed by atoms with Crippen LogP contribution >= 0.6 is 23.1 Å². The van der Waals surface area contributed by atoms with Crippen LogP contribution in [0.2, 0.25) is 0 Å². The number of thioether (sulfide) groups is 1. The number of nitrogens with zero attached hydrogens (tertiary/aromatic N) is 4. The number of carbonyl (C=O) groups excluding carboxylic acids is 1. The van der Waals surface area contributed by atoms with E-state index in [9.17, 15) is 4.79 Å². The first-order valence-electron chi connectivity index (χ1n) is 9.91. The first-order chi connectivity index (χ1) is 15.2. The van der Waals surface area contributed by atoms with Gasteiger partial charge in [-0.25, -0.2) is 0 Å². The number of amides is 1. The predicted octanol–water partition coefficient (Wildman–Crippen LogP) is 5.01. The summed E-state index contributed by atoms with van der Waals surface area (Å²) in [6.07, 6.45) is 1.57. The third-order valence-corrected chi connectivity index (χ3v) is 6.56. The topological polar surface area (TPSA) is 93.8 Å². The van der Waals surface area contributed by atoms with Crippen molar-refractivity contribution in [1.29, 1.82) is 0 Å². The number of rotatable bonds is 9. The molecule has 7 nitrogen and oxygen atoms in total. The zero-order valence-electron chi connectivity index (χ0n) is 16.9. The van der Waals surface area contributed by atoms with Gasteiger partial charge in [-0.1, -0.05) is 89.8 Å². The molecule has 0 unspecified atom stereocenters. The van der Waals surface area contributed by atoms with Crippen molar-refractivity contribution < 1.29 is 9.32 Å². The summed E-state index contributed by atoms with van der Waals surface area (Å²) in [7, 11) is 0. The molecule has 0 saturated heterocycles. The maximum atomic E-state index is 12.3. The highest BCUT2D eigenvalue weighted by molar-refractivity contribution is 8.00. The maximum Gasteiger partial charge on any atom is 0.227 e. The zero-order chi connectivity index (χ0) is 21.5. The van der Waals surface area contributed by atoms with Gasteiger partial charge in [-0.05, 0) is 17.5 Å². The molecule has 0 radical (unpaired) electrons. The van der Waals surface area contributed by atoms with Crippen LogP contribution in [0.3, 0.4) is 0 Å². The standard InChI is InChI=1S/C22H21N5O2S2/c1-2-15-8-10-17(11-9-15)20-24-19(29-27-20)13-12-18(28)23-21-25-26-22(31-21)30-14-16-6-4-3-5-7-16/h3-11H,2,12-14H2,1H3,(H,23,25,28). The predicted molar refractivity (Wildman–Crippen MR) is 122 cm³/mol. The largest absolute Gasteiger partial charge is 0.339 e. The van der Waals surface area contributed by atoms with Crippen molar-refractivity contribution in [2.45, 2.75) is 36.3 Å². The van der Waals surface area contributed by atoms with Crippen molar-refractivity contribution in [3.8, 4) is 11.4 Å². The minimum absolute atomic E-state index is 0.164. The molecule has 1 amide bonds. The van der Waals surface area contributed by atoms with Gasteiger partial charge >= 0.3 is 0 Å².